The van der Waals surface area contributed by atoms with Crippen LogP contribution in [-0.2, 0) is 4.84 Å². The minimum atomic E-state index is 0.620. The van der Waals surface area contributed by atoms with Crippen LogP contribution in [0.3, 0.4) is 0 Å². The van der Waals surface area contributed by atoms with Gasteiger partial charge in [0, 0.05) is 6.04 Å². The summed E-state index contributed by atoms with van der Waals surface area (Å²) in [6.07, 6.45) is 5.28. The zero-order chi connectivity index (χ0) is 7.40. The molecule has 1 atom stereocenters. The summed E-state index contributed by atoms with van der Waals surface area (Å²) in [7, 11) is 1.70. The summed E-state index contributed by atoms with van der Waals surface area (Å²) in [5.74, 6) is 0.903. The number of hydrogen-bond acceptors (Lipinski definition) is 2. The average molecular weight is 143 g/mol. The number of nitrogens with one attached hydrogen (secondary N) is 1. The maximum atomic E-state index is 4.91. The standard InChI is InChI=1S/C8H17NO/c1-3-4-8(9-10-2)7-5-6-7/h7-9H,3-6H2,1-2H3. The van der Waals surface area contributed by atoms with Crippen LogP contribution >= 0.6 is 0 Å². The fraction of sp³-hybridized carbons (Fsp3) is 1.00. The summed E-state index contributed by atoms with van der Waals surface area (Å²) in [5.41, 5.74) is 3.05. The van der Waals surface area contributed by atoms with E-state index in [1.807, 2.05) is 0 Å². The van der Waals surface area contributed by atoms with E-state index in [2.05, 4.69) is 12.4 Å². The molecule has 0 spiro atoms. The molecule has 0 aromatic heterocycles. The highest BCUT2D eigenvalue weighted by Gasteiger charge is 2.30. The number of rotatable bonds is 5. The van der Waals surface area contributed by atoms with Gasteiger partial charge in [-0.15, -0.1) is 0 Å². The van der Waals surface area contributed by atoms with E-state index in [4.69, 9.17) is 4.84 Å². The lowest BCUT2D eigenvalue weighted by Crippen LogP contribution is -2.29. The third-order valence-electron chi connectivity index (χ3n) is 2.06. The molecule has 1 fully saturated rings. The van der Waals surface area contributed by atoms with E-state index >= 15 is 0 Å². The predicted octanol–water partition coefficient (Wildman–Crippen LogP) is 1.72. The summed E-state index contributed by atoms with van der Waals surface area (Å²) in [6.45, 7) is 2.22. The van der Waals surface area contributed by atoms with Crippen molar-refractivity contribution in [2.45, 2.75) is 38.6 Å². The van der Waals surface area contributed by atoms with Gasteiger partial charge >= 0.3 is 0 Å². The van der Waals surface area contributed by atoms with Gasteiger partial charge in [0.15, 0.2) is 0 Å². The highest BCUT2D eigenvalue weighted by Crippen LogP contribution is 2.34. The molecular weight excluding hydrogens is 126 g/mol. The van der Waals surface area contributed by atoms with E-state index in [0.29, 0.717) is 6.04 Å². The second-order valence-electron chi connectivity index (χ2n) is 3.05. The topological polar surface area (TPSA) is 21.3 Å². The van der Waals surface area contributed by atoms with E-state index < -0.39 is 0 Å². The van der Waals surface area contributed by atoms with Crippen molar-refractivity contribution < 1.29 is 4.84 Å². The Kier molecular flexibility index (Phi) is 3.16. The van der Waals surface area contributed by atoms with Gasteiger partial charge in [0.05, 0.1) is 7.11 Å². The lowest BCUT2D eigenvalue weighted by atomic mass is 10.1. The summed E-state index contributed by atoms with van der Waals surface area (Å²) >= 11 is 0. The van der Waals surface area contributed by atoms with Crippen molar-refractivity contribution in [3.05, 3.63) is 0 Å². The van der Waals surface area contributed by atoms with Crippen molar-refractivity contribution in [2.24, 2.45) is 5.92 Å². The fourth-order valence-corrected chi connectivity index (χ4v) is 1.35. The molecule has 0 radical (unpaired) electrons. The Morgan fingerprint density at radius 1 is 1.60 bits per heavy atom. The van der Waals surface area contributed by atoms with Gasteiger partial charge in [-0.3, -0.25) is 0 Å². The zero-order valence-electron chi connectivity index (χ0n) is 6.89. The van der Waals surface area contributed by atoms with Crippen LogP contribution in [-0.4, -0.2) is 13.2 Å². The van der Waals surface area contributed by atoms with Gasteiger partial charge in [-0.2, -0.15) is 5.48 Å². The van der Waals surface area contributed by atoms with Crippen LogP contribution < -0.4 is 5.48 Å². The average Bonchev–Trinajstić information content (AvgIpc) is 2.69. The Labute approximate surface area is 62.9 Å². The molecule has 1 N–H and O–H groups in total. The Hall–Kier alpha value is -0.0800. The van der Waals surface area contributed by atoms with Crippen LogP contribution in [0.5, 0.6) is 0 Å². The second-order valence-corrected chi connectivity index (χ2v) is 3.05. The van der Waals surface area contributed by atoms with Crippen molar-refractivity contribution in [3.63, 3.8) is 0 Å². The van der Waals surface area contributed by atoms with Crippen molar-refractivity contribution in [3.8, 4) is 0 Å². The first-order chi connectivity index (χ1) is 4.88. The number of hydrogen-bond donors (Lipinski definition) is 1. The molecule has 10 heavy (non-hydrogen) atoms. The maximum absolute atomic E-state index is 4.91. The van der Waals surface area contributed by atoms with Crippen molar-refractivity contribution in [1.29, 1.82) is 0 Å². The highest BCUT2D eigenvalue weighted by molar-refractivity contribution is 4.83. The fourth-order valence-electron chi connectivity index (χ4n) is 1.35. The summed E-state index contributed by atoms with van der Waals surface area (Å²) < 4.78 is 0. The van der Waals surface area contributed by atoms with Gasteiger partial charge < -0.3 is 4.84 Å². The van der Waals surface area contributed by atoms with Crippen LogP contribution in [0.15, 0.2) is 0 Å². The third kappa shape index (κ3) is 2.27. The first kappa shape index (κ1) is 8.02. The summed E-state index contributed by atoms with van der Waals surface area (Å²) in [4.78, 5) is 4.91. The molecule has 2 heteroatoms. The molecule has 0 bridgehead atoms. The SMILES string of the molecule is CCCC(NOC)C1CC1. The Bertz CT molecular complexity index is 85.3. The molecule has 0 saturated heterocycles. The van der Waals surface area contributed by atoms with E-state index in [-0.39, 0.29) is 0 Å². The molecule has 0 aliphatic heterocycles. The molecule has 1 rings (SSSR count). The Morgan fingerprint density at radius 3 is 2.70 bits per heavy atom. The summed E-state index contributed by atoms with van der Waals surface area (Å²) in [6, 6.07) is 0.620. The van der Waals surface area contributed by atoms with Gasteiger partial charge in [0.1, 0.15) is 0 Å². The Balaban J connectivity index is 2.13. The molecule has 1 saturated carbocycles. The molecule has 0 heterocycles. The van der Waals surface area contributed by atoms with Crippen molar-refractivity contribution in [1.82, 2.24) is 5.48 Å². The number of hydroxylamine groups is 1. The lowest BCUT2D eigenvalue weighted by molar-refractivity contribution is 0.0509. The van der Waals surface area contributed by atoms with Gasteiger partial charge in [0.25, 0.3) is 0 Å². The monoisotopic (exact) mass is 143 g/mol. The largest absolute Gasteiger partial charge is 0.305 e. The van der Waals surface area contributed by atoms with Crippen LogP contribution in [0, 0.1) is 5.92 Å². The molecule has 0 aromatic rings. The third-order valence-corrected chi connectivity index (χ3v) is 2.06. The molecule has 0 aromatic carbocycles. The highest BCUT2D eigenvalue weighted by atomic mass is 16.6. The van der Waals surface area contributed by atoms with Crippen molar-refractivity contribution in [2.75, 3.05) is 7.11 Å². The van der Waals surface area contributed by atoms with E-state index in [9.17, 15) is 0 Å². The summed E-state index contributed by atoms with van der Waals surface area (Å²) in [5, 5.41) is 0. The first-order valence-corrected chi connectivity index (χ1v) is 4.17. The van der Waals surface area contributed by atoms with Crippen LogP contribution in [0.1, 0.15) is 32.6 Å². The second kappa shape index (κ2) is 3.94. The quantitative estimate of drug-likeness (QED) is 0.592. The zero-order valence-corrected chi connectivity index (χ0v) is 6.89. The van der Waals surface area contributed by atoms with Gasteiger partial charge in [-0.05, 0) is 25.2 Å². The maximum Gasteiger partial charge on any atom is 0.0572 e. The molecule has 2 nitrogen and oxygen atoms in total. The van der Waals surface area contributed by atoms with Gasteiger partial charge in [-0.25, -0.2) is 0 Å². The Morgan fingerprint density at radius 2 is 2.30 bits per heavy atom. The molecule has 1 unspecified atom stereocenters. The molecule has 1 aliphatic rings. The van der Waals surface area contributed by atoms with Gasteiger partial charge in [0.2, 0.25) is 0 Å². The smallest absolute Gasteiger partial charge is 0.0572 e. The molecule has 1 aliphatic carbocycles. The van der Waals surface area contributed by atoms with E-state index in [1.165, 1.54) is 25.7 Å². The minimum Gasteiger partial charge on any atom is -0.305 e. The lowest BCUT2D eigenvalue weighted by Gasteiger charge is -2.14. The van der Waals surface area contributed by atoms with Crippen LogP contribution in [0.25, 0.3) is 0 Å². The minimum absolute atomic E-state index is 0.620. The normalized spacial score (nSPS) is 21.0. The molecular formula is C8H17NO. The van der Waals surface area contributed by atoms with E-state index in [0.717, 1.165) is 5.92 Å². The molecule has 0 amide bonds. The van der Waals surface area contributed by atoms with Gasteiger partial charge in [-0.1, -0.05) is 13.3 Å². The predicted molar refractivity (Wildman–Crippen MR) is 41.6 cm³/mol. The van der Waals surface area contributed by atoms with Crippen molar-refractivity contribution >= 4 is 0 Å². The molecule has 60 valence electrons. The van der Waals surface area contributed by atoms with E-state index in [1.54, 1.807) is 7.11 Å². The van der Waals surface area contributed by atoms with Crippen LogP contribution in [0.2, 0.25) is 0 Å². The van der Waals surface area contributed by atoms with Crippen LogP contribution in [0.4, 0.5) is 0 Å². The first-order valence-electron chi connectivity index (χ1n) is 4.17.